The van der Waals surface area contributed by atoms with E-state index >= 15 is 0 Å². The van der Waals surface area contributed by atoms with Crippen molar-refractivity contribution in [3.8, 4) is 11.4 Å². The highest BCUT2D eigenvalue weighted by Crippen LogP contribution is 2.27. The SMILES string of the molecule is CC1CCc2nnc(-c3ccccc3C(=O)O)n2C1. The molecule has 1 aliphatic heterocycles. The number of rotatable bonds is 2. The largest absolute Gasteiger partial charge is 0.478 e. The first-order valence-corrected chi connectivity index (χ1v) is 6.41. The van der Waals surface area contributed by atoms with Gasteiger partial charge in [-0.1, -0.05) is 25.1 Å². The summed E-state index contributed by atoms with van der Waals surface area (Å²) in [6.07, 6.45) is 2.02. The van der Waals surface area contributed by atoms with Crippen LogP contribution in [0.3, 0.4) is 0 Å². The van der Waals surface area contributed by atoms with Crippen molar-refractivity contribution in [2.75, 3.05) is 0 Å². The van der Waals surface area contributed by atoms with Crippen molar-refractivity contribution < 1.29 is 9.90 Å². The molecule has 2 heterocycles. The Labute approximate surface area is 110 Å². The maximum absolute atomic E-state index is 11.3. The lowest BCUT2D eigenvalue weighted by molar-refractivity contribution is 0.0697. The second-order valence-electron chi connectivity index (χ2n) is 5.05. The Balaban J connectivity index is 2.13. The minimum absolute atomic E-state index is 0.274. The Bertz CT molecular complexity index is 633. The summed E-state index contributed by atoms with van der Waals surface area (Å²) in [5, 5.41) is 17.6. The van der Waals surface area contributed by atoms with Crippen LogP contribution in [0.1, 0.15) is 29.5 Å². The molecule has 1 aromatic heterocycles. The van der Waals surface area contributed by atoms with Crippen LogP contribution >= 0.6 is 0 Å². The molecule has 1 aromatic carbocycles. The molecule has 5 nitrogen and oxygen atoms in total. The Morgan fingerprint density at radius 1 is 1.37 bits per heavy atom. The molecule has 0 radical (unpaired) electrons. The van der Waals surface area contributed by atoms with Gasteiger partial charge < -0.3 is 9.67 Å². The van der Waals surface area contributed by atoms with Crippen molar-refractivity contribution in [2.24, 2.45) is 5.92 Å². The average Bonchev–Trinajstić information content (AvgIpc) is 2.81. The van der Waals surface area contributed by atoms with Gasteiger partial charge in [0.05, 0.1) is 5.56 Å². The molecule has 5 heteroatoms. The van der Waals surface area contributed by atoms with Crippen LogP contribution in [-0.2, 0) is 13.0 Å². The molecule has 0 fully saturated rings. The van der Waals surface area contributed by atoms with Gasteiger partial charge in [0, 0.05) is 18.5 Å². The van der Waals surface area contributed by atoms with Crippen LogP contribution in [0, 0.1) is 5.92 Å². The highest BCUT2D eigenvalue weighted by atomic mass is 16.4. The van der Waals surface area contributed by atoms with E-state index in [2.05, 4.69) is 21.7 Å². The summed E-state index contributed by atoms with van der Waals surface area (Å²) in [5.74, 6) is 1.25. The number of aryl methyl sites for hydroxylation is 1. The zero-order chi connectivity index (χ0) is 13.4. The fraction of sp³-hybridized carbons (Fsp3) is 0.357. The van der Waals surface area contributed by atoms with Gasteiger partial charge in [-0.3, -0.25) is 0 Å². The molecule has 1 aliphatic rings. The molecule has 0 aliphatic carbocycles. The Morgan fingerprint density at radius 2 is 2.16 bits per heavy atom. The highest BCUT2D eigenvalue weighted by Gasteiger charge is 2.23. The molecule has 0 bridgehead atoms. The third kappa shape index (κ3) is 2.01. The number of aromatic nitrogens is 3. The van der Waals surface area contributed by atoms with E-state index in [0.717, 1.165) is 25.2 Å². The van der Waals surface area contributed by atoms with Gasteiger partial charge in [-0.2, -0.15) is 0 Å². The number of nitrogens with zero attached hydrogens (tertiary/aromatic N) is 3. The lowest BCUT2D eigenvalue weighted by Crippen LogP contribution is -2.19. The van der Waals surface area contributed by atoms with Crippen molar-refractivity contribution in [1.29, 1.82) is 0 Å². The van der Waals surface area contributed by atoms with E-state index in [0.29, 0.717) is 17.3 Å². The van der Waals surface area contributed by atoms with Gasteiger partial charge >= 0.3 is 5.97 Å². The first kappa shape index (κ1) is 11.9. The van der Waals surface area contributed by atoms with E-state index in [9.17, 15) is 9.90 Å². The molecule has 0 spiro atoms. The van der Waals surface area contributed by atoms with E-state index in [1.54, 1.807) is 18.2 Å². The predicted molar refractivity (Wildman–Crippen MR) is 69.9 cm³/mol. The monoisotopic (exact) mass is 257 g/mol. The first-order chi connectivity index (χ1) is 9.16. The molecular formula is C14H15N3O2. The number of carboxylic acids is 1. The molecule has 1 unspecified atom stereocenters. The molecule has 0 saturated carbocycles. The molecule has 0 amide bonds. The van der Waals surface area contributed by atoms with Gasteiger partial charge in [-0.05, 0) is 18.4 Å². The third-order valence-corrected chi connectivity index (χ3v) is 3.58. The molecule has 1 atom stereocenters. The van der Waals surface area contributed by atoms with Crippen LogP contribution in [0.2, 0.25) is 0 Å². The molecule has 1 N–H and O–H groups in total. The normalized spacial score (nSPS) is 18.1. The summed E-state index contributed by atoms with van der Waals surface area (Å²) in [5.41, 5.74) is 0.916. The molecule has 98 valence electrons. The van der Waals surface area contributed by atoms with Crippen molar-refractivity contribution in [2.45, 2.75) is 26.3 Å². The first-order valence-electron chi connectivity index (χ1n) is 6.41. The van der Waals surface area contributed by atoms with Crippen molar-refractivity contribution >= 4 is 5.97 Å². The van der Waals surface area contributed by atoms with Crippen molar-refractivity contribution in [3.63, 3.8) is 0 Å². The highest BCUT2D eigenvalue weighted by molar-refractivity contribution is 5.94. The molecule has 0 saturated heterocycles. The molecular weight excluding hydrogens is 242 g/mol. The zero-order valence-corrected chi connectivity index (χ0v) is 10.7. The van der Waals surface area contributed by atoms with Crippen LogP contribution in [-0.4, -0.2) is 25.8 Å². The fourth-order valence-electron chi connectivity index (χ4n) is 2.55. The average molecular weight is 257 g/mol. The fourth-order valence-corrected chi connectivity index (χ4v) is 2.55. The smallest absolute Gasteiger partial charge is 0.336 e. The van der Waals surface area contributed by atoms with Crippen molar-refractivity contribution in [1.82, 2.24) is 14.8 Å². The number of carboxylic acid groups (broad SMARTS) is 1. The van der Waals surface area contributed by atoms with Crippen LogP contribution < -0.4 is 0 Å². The number of carbonyl (C=O) groups is 1. The van der Waals surface area contributed by atoms with E-state index in [1.807, 2.05) is 6.07 Å². The van der Waals surface area contributed by atoms with Crippen LogP contribution in [0.15, 0.2) is 24.3 Å². The van der Waals surface area contributed by atoms with Gasteiger partial charge in [0.25, 0.3) is 0 Å². The van der Waals surface area contributed by atoms with Crippen LogP contribution in [0.5, 0.6) is 0 Å². The molecule has 19 heavy (non-hydrogen) atoms. The maximum Gasteiger partial charge on any atom is 0.336 e. The van der Waals surface area contributed by atoms with E-state index in [1.165, 1.54) is 0 Å². The number of aromatic carboxylic acids is 1. The standard InChI is InChI=1S/C14H15N3O2/c1-9-6-7-12-15-16-13(17(12)8-9)10-4-2-3-5-11(10)14(18)19/h2-5,9H,6-8H2,1H3,(H,18,19). The van der Waals surface area contributed by atoms with E-state index in [-0.39, 0.29) is 5.56 Å². The summed E-state index contributed by atoms with van der Waals surface area (Å²) in [7, 11) is 0. The number of hydrogen-bond donors (Lipinski definition) is 1. The Kier molecular flexibility index (Phi) is 2.81. The van der Waals surface area contributed by atoms with Crippen LogP contribution in [0.25, 0.3) is 11.4 Å². The van der Waals surface area contributed by atoms with Gasteiger partial charge in [-0.15, -0.1) is 10.2 Å². The molecule has 2 aromatic rings. The topological polar surface area (TPSA) is 68.0 Å². The van der Waals surface area contributed by atoms with E-state index in [4.69, 9.17) is 0 Å². The summed E-state index contributed by atoms with van der Waals surface area (Å²) in [6, 6.07) is 6.95. The number of benzene rings is 1. The minimum atomic E-state index is -0.934. The van der Waals surface area contributed by atoms with Gasteiger partial charge in [0.15, 0.2) is 5.82 Å². The minimum Gasteiger partial charge on any atom is -0.478 e. The summed E-state index contributed by atoms with van der Waals surface area (Å²) in [6.45, 7) is 3.04. The third-order valence-electron chi connectivity index (χ3n) is 3.58. The second kappa shape index (κ2) is 4.50. The van der Waals surface area contributed by atoms with Gasteiger partial charge in [0.1, 0.15) is 5.82 Å². The lowest BCUT2D eigenvalue weighted by Gasteiger charge is -2.21. The lowest BCUT2D eigenvalue weighted by atomic mass is 10.0. The second-order valence-corrected chi connectivity index (χ2v) is 5.05. The van der Waals surface area contributed by atoms with E-state index < -0.39 is 5.97 Å². The number of hydrogen-bond acceptors (Lipinski definition) is 3. The number of fused-ring (bicyclic) bond motifs is 1. The van der Waals surface area contributed by atoms with Gasteiger partial charge in [-0.25, -0.2) is 4.79 Å². The van der Waals surface area contributed by atoms with Crippen LogP contribution in [0.4, 0.5) is 0 Å². The maximum atomic E-state index is 11.3. The quantitative estimate of drug-likeness (QED) is 0.895. The Hall–Kier alpha value is -2.17. The predicted octanol–water partition coefficient (Wildman–Crippen LogP) is 2.23. The summed E-state index contributed by atoms with van der Waals surface area (Å²) >= 11 is 0. The Morgan fingerprint density at radius 3 is 2.95 bits per heavy atom. The summed E-state index contributed by atoms with van der Waals surface area (Å²) < 4.78 is 2.05. The zero-order valence-electron chi connectivity index (χ0n) is 10.7. The summed E-state index contributed by atoms with van der Waals surface area (Å²) in [4.78, 5) is 11.3. The van der Waals surface area contributed by atoms with Gasteiger partial charge in [0.2, 0.25) is 0 Å². The molecule has 3 rings (SSSR count). The van der Waals surface area contributed by atoms with Crippen molar-refractivity contribution in [3.05, 3.63) is 35.7 Å².